The van der Waals surface area contributed by atoms with Gasteiger partial charge < -0.3 is 10.2 Å². The molecule has 3 fully saturated rings. The minimum Gasteiger partial charge on any atom is -0.341 e. The number of carbonyl (C=O) groups is 1. The Kier molecular flexibility index (Phi) is 3.81. The predicted octanol–water partition coefficient (Wildman–Crippen LogP) is 0.642. The van der Waals surface area contributed by atoms with E-state index in [2.05, 4.69) is 29.0 Å². The van der Waals surface area contributed by atoms with Crippen molar-refractivity contribution in [2.24, 2.45) is 23.7 Å². The standard InChI is InChI=1S/C15H27N3O/c1-11-3-12(2)7-18(6-11)15(19)10-17-8-13-4-16-5-14(13)9-17/h11-14,16H,3-10H2,1-2H3/t11?,12?,13-,14+. The highest BCUT2D eigenvalue weighted by atomic mass is 16.2. The minimum atomic E-state index is 0.353. The molecule has 0 aromatic carbocycles. The molecular weight excluding hydrogens is 238 g/mol. The molecule has 0 spiro atoms. The molecule has 108 valence electrons. The lowest BCUT2D eigenvalue weighted by molar-refractivity contribution is -0.134. The van der Waals surface area contributed by atoms with Crippen molar-refractivity contribution in [2.45, 2.75) is 20.3 Å². The number of likely N-dealkylation sites (tertiary alicyclic amines) is 2. The highest BCUT2D eigenvalue weighted by molar-refractivity contribution is 5.78. The molecule has 0 saturated carbocycles. The number of rotatable bonds is 2. The van der Waals surface area contributed by atoms with Crippen molar-refractivity contribution in [3.63, 3.8) is 0 Å². The first-order valence-corrected chi connectivity index (χ1v) is 7.82. The molecule has 1 N–H and O–H groups in total. The summed E-state index contributed by atoms with van der Waals surface area (Å²) in [7, 11) is 0. The van der Waals surface area contributed by atoms with Gasteiger partial charge >= 0.3 is 0 Å². The summed E-state index contributed by atoms with van der Waals surface area (Å²) in [5, 5.41) is 3.45. The third kappa shape index (κ3) is 2.95. The summed E-state index contributed by atoms with van der Waals surface area (Å²) in [5.41, 5.74) is 0. The number of piperidine rings is 1. The largest absolute Gasteiger partial charge is 0.341 e. The number of hydrogen-bond donors (Lipinski definition) is 1. The maximum atomic E-state index is 12.4. The number of amides is 1. The average Bonchev–Trinajstić information content (AvgIpc) is 2.88. The third-order valence-corrected chi connectivity index (χ3v) is 5.05. The fraction of sp³-hybridized carbons (Fsp3) is 0.933. The number of hydrogen-bond acceptors (Lipinski definition) is 3. The van der Waals surface area contributed by atoms with Crippen molar-refractivity contribution < 1.29 is 4.79 Å². The SMILES string of the molecule is CC1CC(C)CN(C(=O)CN2C[C@H]3CNC[C@H]3C2)C1. The summed E-state index contributed by atoms with van der Waals surface area (Å²) in [6, 6.07) is 0. The summed E-state index contributed by atoms with van der Waals surface area (Å²) < 4.78 is 0. The van der Waals surface area contributed by atoms with Crippen LogP contribution in [0.1, 0.15) is 20.3 Å². The van der Waals surface area contributed by atoms with E-state index in [0.29, 0.717) is 24.3 Å². The Morgan fingerprint density at radius 3 is 2.21 bits per heavy atom. The van der Waals surface area contributed by atoms with Crippen molar-refractivity contribution in [1.29, 1.82) is 0 Å². The lowest BCUT2D eigenvalue weighted by Crippen LogP contribution is -2.46. The zero-order valence-corrected chi connectivity index (χ0v) is 12.3. The van der Waals surface area contributed by atoms with Crippen molar-refractivity contribution in [1.82, 2.24) is 15.1 Å². The molecule has 3 rings (SSSR count). The second kappa shape index (κ2) is 5.41. The Morgan fingerprint density at radius 2 is 1.63 bits per heavy atom. The molecule has 4 nitrogen and oxygen atoms in total. The number of nitrogens with one attached hydrogen (secondary N) is 1. The second-order valence-corrected chi connectivity index (χ2v) is 7.12. The van der Waals surface area contributed by atoms with Crippen LogP contribution in [-0.2, 0) is 4.79 Å². The van der Waals surface area contributed by atoms with E-state index in [4.69, 9.17) is 0 Å². The van der Waals surface area contributed by atoms with Crippen LogP contribution >= 0.6 is 0 Å². The highest BCUT2D eigenvalue weighted by Crippen LogP contribution is 2.26. The molecule has 0 bridgehead atoms. The van der Waals surface area contributed by atoms with Crippen LogP contribution in [0.4, 0.5) is 0 Å². The van der Waals surface area contributed by atoms with Crippen LogP contribution < -0.4 is 5.32 Å². The van der Waals surface area contributed by atoms with Gasteiger partial charge in [0.15, 0.2) is 0 Å². The van der Waals surface area contributed by atoms with Crippen molar-refractivity contribution in [2.75, 3.05) is 45.8 Å². The Hall–Kier alpha value is -0.610. The quantitative estimate of drug-likeness (QED) is 0.796. The van der Waals surface area contributed by atoms with Crippen molar-refractivity contribution in [3.05, 3.63) is 0 Å². The summed E-state index contributed by atoms with van der Waals surface area (Å²) in [5.74, 6) is 3.25. The lowest BCUT2D eigenvalue weighted by atomic mass is 9.92. The van der Waals surface area contributed by atoms with E-state index < -0.39 is 0 Å². The molecule has 0 aromatic heterocycles. The molecule has 4 atom stereocenters. The van der Waals surface area contributed by atoms with Gasteiger partial charge in [-0.25, -0.2) is 0 Å². The predicted molar refractivity (Wildman–Crippen MR) is 75.8 cm³/mol. The van der Waals surface area contributed by atoms with E-state index in [9.17, 15) is 4.79 Å². The smallest absolute Gasteiger partial charge is 0.236 e. The molecule has 2 unspecified atom stereocenters. The van der Waals surface area contributed by atoms with E-state index in [1.807, 2.05) is 0 Å². The van der Waals surface area contributed by atoms with Crippen LogP contribution in [0, 0.1) is 23.7 Å². The summed E-state index contributed by atoms with van der Waals surface area (Å²) in [6.45, 7) is 11.6. The molecule has 1 amide bonds. The van der Waals surface area contributed by atoms with Gasteiger partial charge in [-0.05, 0) is 43.2 Å². The Labute approximate surface area is 116 Å². The van der Waals surface area contributed by atoms with Gasteiger partial charge in [0.1, 0.15) is 0 Å². The molecule has 4 heteroatoms. The maximum Gasteiger partial charge on any atom is 0.236 e. The maximum absolute atomic E-state index is 12.4. The third-order valence-electron chi connectivity index (χ3n) is 5.05. The molecule has 0 aliphatic carbocycles. The van der Waals surface area contributed by atoms with Gasteiger partial charge in [0, 0.05) is 26.2 Å². The minimum absolute atomic E-state index is 0.353. The number of carbonyl (C=O) groups excluding carboxylic acids is 1. The molecule has 0 radical (unpaired) electrons. The van der Waals surface area contributed by atoms with Gasteiger partial charge in [-0.2, -0.15) is 0 Å². The summed E-state index contributed by atoms with van der Waals surface area (Å²) >= 11 is 0. The first kappa shape index (κ1) is 13.4. The normalized spacial score (nSPS) is 39.6. The molecule has 3 heterocycles. The summed E-state index contributed by atoms with van der Waals surface area (Å²) in [4.78, 5) is 16.9. The topological polar surface area (TPSA) is 35.6 Å². The second-order valence-electron chi connectivity index (χ2n) is 7.12. The molecular formula is C15H27N3O. The Morgan fingerprint density at radius 1 is 1.05 bits per heavy atom. The number of nitrogens with zero attached hydrogens (tertiary/aromatic N) is 2. The molecule has 3 aliphatic rings. The van der Waals surface area contributed by atoms with Gasteiger partial charge in [0.05, 0.1) is 6.54 Å². The van der Waals surface area contributed by atoms with Crippen molar-refractivity contribution >= 4 is 5.91 Å². The van der Waals surface area contributed by atoms with Gasteiger partial charge in [0.25, 0.3) is 0 Å². The van der Waals surface area contributed by atoms with E-state index in [1.54, 1.807) is 0 Å². The Balaban J connectivity index is 1.51. The van der Waals surface area contributed by atoms with E-state index in [1.165, 1.54) is 6.42 Å². The monoisotopic (exact) mass is 265 g/mol. The van der Waals surface area contributed by atoms with Gasteiger partial charge in [-0.1, -0.05) is 13.8 Å². The van der Waals surface area contributed by atoms with E-state index >= 15 is 0 Å². The molecule has 3 saturated heterocycles. The number of fused-ring (bicyclic) bond motifs is 1. The van der Waals surface area contributed by atoms with Crippen LogP contribution in [0.25, 0.3) is 0 Å². The van der Waals surface area contributed by atoms with Gasteiger partial charge in [-0.3, -0.25) is 9.69 Å². The molecule has 0 aromatic rings. The molecule has 19 heavy (non-hydrogen) atoms. The van der Waals surface area contributed by atoms with E-state index in [0.717, 1.165) is 51.1 Å². The fourth-order valence-corrected chi connectivity index (χ4v) is 4.24. The van der Waals surface area contributed by atoms with Crippen LogP contribution in [0.3, 0.4) is 0 Å². The van der Waals surface area contributed by atoms with Crippen molar-refractivity contribution in [3.8, 4) is 0 Å². The van der Waals surface area contributed by atoms with Crippen LogP contribution in [-0.4, -0.2) is 61.5 Å². The Bertz CT molecular complexity index is 324. The first-order chi connectivity index (χ1) is 9.11. The van der Waals surface area contributed by atoms with Crippen LogP contribution in [0.5, 0.6) is 0 Å². The lowest BCUT2D eigenvalue weighted by Gasteiger charge is -2.36. The van der Waals surface area contributed by atoms with Crippen LogP contribution in [0.15, 0.2) is 0 Å². The fourth-order valence-electron chi connectivity index (χ4n) is 4.24. The van der Waals surface area contributed by atoms with Crippen LogP contribution in [0.2, 0.25) is 0 Å². The zero-order chi connectivity index (χ0) is 13.4. The van der Waals surface area contributed by atoms with Gasteiger partial charge in [-0.15, -0.1) is 0 Å². The van der Waals surface area contributed by atoms with Gasteiger partial charge in [0.2, 0.25) is 5.91 Å². The molecule has 3 aliphatic heterocycles. The highest BCUT2D eigenvalue weighted by Gasteiger charge is 2.37. The zero-order valence-electron chi connectivity index (χ0n) is 12.3. The first-order valence-electron chi connectivity index (χ1n) is 7.82. The van der Waals surface area contributed by atoms with E-state index in [-0.39, 0.29) is 0 Å². The average molecular weight is 265 g/mol. The summed E-state index contributed by atoms with van der Waals surface area (Å²) in [6.07, 6.45) is 1.27.